The molecular weight excluding hydrogens is 362 g/mol. The molecule has 2 N–H and O–H groups in total. The standard InChI is InChI=1S/C22H33N7/c1-7-23-22(25-16(3)13-20-17(4)27-28(6)18(20)5)24-11-10-19-14-29-12-8-9-15(2)21(29)26-19/h8-9,12,14,16H,7,10-11,13H2,1-6H3,(H2,23,24,25). The van der Waals surface area contributed by atoms with E-state index in [1.54, 1.807) is 0 Å². The van der Waals surface area contributed by atoms with Gasteiger partial charge in [0.1, 0.15) is 5.65 Å². The van der Waals surface area contributed by atoms with Gasteiger partial charge in [0.15, 0.2) is 5.96 Å². The first-order chi connectivity index (χ1) is 13.9. The Morgan fingerprint density at radius 1 is 1.28 bits per heavy atom. The van der Waals surface area contributed by atoms with E-state index < -0.39 is 0 Å². The Morgan fingerprint density at radius 3 is 2.72 bits per heavy atom. The Morgan fingerprint density at radius 2 is 2.07 bits per heavy atom. The van der Waals surface area contributed by atoms with Crippen molar-refractivity contribution in [3.63, 3.8) is 0 Å². The molecule has 1 atom stereocenters. The largest absolute Gasteiger partial charge is 0.357 e. The first-order valence-corrected chi connectivity index (χ1v) is 10.4. The number of aromatic nitrogens is 4. The second-order valence-electron chi connectivity index (χ2n) is 7.69. The minimum Gasteiger partial charge on any atom is -0.357 e. The Kier molecular flexibility index (Phi) is 6.56. The molecule has 0 saturated heterocycles. The SMILES string of the molecule is CCNC(=NCCc1cn2cccc(C)c2n1)NC(C)Cc1c(C)nn(C)c1C. The van der Waals surface area contributed by atoms with Gasteiger partial charge in [0.2, 0.25) is 0 Å². The number of hydrogen-bond donors (Lipinski definition) is 2. The summed E-state index contributed by atoms with van der Waals surface area (Å²) in [5, 5.41) is 11.4. The fourth-order valence-corrected chi connectivity index (χ4v) is 3.63. The van der Waals surface area contributed by atoms with E-state index in [9.17, 15) is 0 Å². The second-order valence-corrected chi connectivity index (χ2v) is 7.69. The average molecular weight is 396 g/mol. The van der Waals surface area contributed by atoms with Crippen LogP contribution in [0.2, 0.25) is 0 Å². The van der Waals surface area contributed by atoms with E-state index in [0.29, 0.717) is 6.54 Å². The third kappa shape index (κ3) is 4.96. The van der Waals surface area contributed by atoms with Crippen LogP contribution < -0.4 is 10.6 Å². The van der Waals surface area contributed by atoms with Gasteiger partial charge >= 0.3 is 0 Å². The first-order valence-electron chi connectivity index (χ1n) is 10.4. The molecule has 1 unspecified atom stereocenters. The lowest BCUT2D eigenvalue weighted by Crippen LogP contribution is -2.43. The van der Waals surface area contributed by atoms with Gasteiger partial charge in [0.25, 0.3) is 0 Å². The van der Waals surface area contributed by atoms with E-state index in [-0.39, 0.29) is 6.04 Å². The van der Waals surface area contributed by atoms with Crippen LogP contribution in [0, 0.1) is 20.8 Å². The molecule has 0 spiro atoms. The van der Waals surface area contributed by atoms with Crippen LogP contribution in [-0.2, 0) is 19.9 Å². The molecule has 0 aliphatic rings. The highest BCUT2D eigenvalue weighted by molar-refractivity contribution is 5.80. The van der Waals surface area contributed by atoms with Crippen LogP contribution in [0.1, 0.15) is 42.1 Å². The lowest BCUT2D eigenvalue weighted by Gasteiger charge is -2.18. The summed E-state index contributed by atoms with van der Waals surface area (Å²) in [6.45, 7) is 12.1. The van der Waals surface area contributed by atoms with E-state index in [1.165, 1.54) is 16.8 Å². The summed E-state index contributed by atoms with van der Waals surface area (Å²) in [6, 6.07) is 4.39. The summed E-state index contributed by atoms with van der Waals surface area (Å²) in [7, 11) is 2.00. The molecule has 3 aromatic rings. The lowest BCUT2D eigenvalue weighted by molar-refractivity contribution is 0.635. The van der Waals surface area contributed by atoms with Crippen molar-refractivity contribution < 1.29 is 0 Å². The maximum atomic E-state index is 4.76. The highest BCUT2D eigenvalue weighted by Crippen LogP contribution is 2.14. The summed E-state index contributed by atoms with van der Waals surface area (Å²) >= 11 is 0. The summed E-state index contributed by atoms with van der Waals surface area (Å²) in [5.74, 6) is 0.846. The number of fused-ring (bicyclic) bond motifs is 1. The summed E-state index contributed by atoms with van der Waals surface area (Å²) in [6.07, 6.45) is 5.86. The monoisotopic (exact) mass is 395 g/mol. The van der Waals surface area contributed by atoms with Gasteiger partial charge in [0.05, 0.1) is 11.4 Å². The Bertz CT molecular complexity index is 996. The maximum absolute atomic E-state index is 4.76. The van der Waals surface area contributed by atoms with Crippen molar-refractivity contribution in [3.05, 3.63) is 52.7 Å². The average Bonchev–Trinajstić information content (AvgIpc) is 3.19. The predicted octanol–water partition coefficient (Wildman–Crippen LogP) is 2.72. The Balaban J connectivity index is 1.62. The van der Waals surface area contributed by atoms with E-state index in [0.717, 1.165) is 42.4 Å². The zero-order valence-corrected chi connectivity index (χ0v) is 18.5. The van der Waals surface area contributed by atoms with Crippen molar-refractivity contribution in [2.45, 2.75) is 53.5 Å². The fourth-order valence-electron chi connectivity index (χ4n) is 3.63. The maximum Gasteiger partial charge on any atom is 0.191 e. The number of aliphatic imine (C=N–C) groups is 1. The zero-order chi connectivity index (χ0) is 21.0. The smallest absolute Gasteiger partial charge is 0.191 e. The van der Waals surface area contributed by atoms with Crippen LogP contribution >= 0.6 is 0 Å². The molecular formula is C22H33N7. The van der Waals surface area contributed by atoms with E-state index in [4.69, 9.17) is 9.98 Å². The number of nitrogens with zero attached hydrogens (tertiary/aromatic N) is 5. The fraction of sp³-hybridized carbons (Fsp3) is 0.500. The van der Waals surface area contributed by atoms with Crippen molar-refractivity contribution >= 4 is 11.6 Å². The van der Waals surface area contributed by atoms with E-state index >= 15 is 0 Å². The number of nitrogens with one attached hydrogen (secondary N) is 2. The quantitative estimate of drug-likeness (QED) is 0.477. The van der Waals surface area contributed by atoms with E-state index in [2.05, 4.69) is 67.0 Å². The summed E-state index contributed by atoms with van der Waals surface area (Å²) in [4.78, 5) is 9.49. The Hall–Kier alpha value is -2.83. The van der Waals surface area contributed by atoms with Crippen LogP contribution in [0.4, 0.5) is 0 Å². The molecule has 0 aliphatic carbocycles. The molecule has 0 radical (unpaired) electrons. The van der Waals surface area contributed by atoms with Gasteiger partial charge in [-0.2, -0.15) is 5.10 Å². The second kappa shape index (κ2) is 9.11. The van der Waals surface area contributed by atoms with Gasteiger partial charge in [-0.25, -0.2) is 4.98 Å². The topological polar surface area (TPSA) is 71.5 Å². The molecule has 0 amide bonds. The van der Waals surface area contributed by atoms with Gasteiger partial charge in [0, 0.05) is 50.7 Å². The highest BCUT2D eigenvalue weighted by atomic mass is 15.3. The summed E-state index contributed by atoms with van der Waals surface area (Å²) in [5.41, 5.74) is 6.90. The van der Waals surface area contributed by atoms with Gasteiger partial charge in [-0.1, -0.05) is 6.07 Å². The highest BCUT2D eigenvalue weighted by Gasteiger charge is 2.14. The minimum absolute atomic E-state index is 0.257. The number of pyridine rings is 1. The Labute approximate surface area is 173 Å². The van der Waals surface area contributed by atoms with Crippen LogP contribution in [0.5, 0.6) is 0 Å². The first kappa shape index (κ1) is 20.9. The van der Waals surface area contributed by atoms with Gasteiger partial charge in [-0.3, -0.25) is 9.67 Å². The van der Waals surface area contributed by atoms with Crippen LogP contribution in [0.15, 0.2) is 29.5 Å². The molecule has 0 bridgehead atoms. The molecule has 3 aromatic heterocycles. The van der Waals surface area contributed by atoms with Crippen LogP contribution in [-0.4, -0.2) is 44.3 Å². The normalized spacial score (nSPS) is 13.1. The third-order valence-corrected chi connectivity index (χ3v) is 5.26. The molecule has 3 rings (SSSR count). The van der Waals surface area contributed by atoms with E-state index in [1.807, 2.05) is 24.0 Å². The van der Waals surface area contributed by atoms with Gasteiger partial charge in [-0.15, -0.1) is 0 Å². The molecule has 7 nitrogen and oxygen atoms in total. The summed E-state index contributed by atoms with van der Waals surface area (Å²) < 4.78 is 4.03. The molecule has 7 heteroatoms. The van der Waals surface area contributed by atoms with Crippen LogP contribution in [0.25, 0.3) is 5.65 Å². The molecule has 3 heterocycles. The van der Waals surface area contributed by atoms with Crippen molar-refractivity contribution in [2.75, 3.05) is 13.1 Å². The minimum atomic E-state index is 0.257. The van der Waals surface area contributed by atoms with Crippen molar-refractivity contribution in [1.82, 2.24) is 29.8 Å². The number of aryl methyl sites for hydroxylation is 3. The van der Waals surface area contributed by atoms with Gasteiger partial charge < -0.3 is 15.0 Å². The lowest BCUT2D eigenvalue weighted by atomic mass is 10.1. The molecule has 29 heavy (non-hydrogen) atoms. The predicted molar refractivity (Wildman–Crippen MR) is 119 cm³/mol. The third-order valence-electron chi connectivity index (χ3n) is 5.26. The van der Waals surface area contributed by atoms with Crippen molar-refractivity contribution in [3.8, 4) is 0 Å². The molecule has 0 aliphatic heterocycles. The van der Waals surface area contributed by atoms with Crippen LogP contribution in [0.3, 0.4) is 0 Å². The number of hydrogen-bond acceptors (Lipinski definition) is 3. The number of guanidine groups is 1. The number of rotatable bonds is 7. The molecule has 0 aromatic carbocycles. The molecule has 0 saturated carbocycles. The van der Waals surface area contributed by atoms with Crippen molar-refractivity contribution in [1.29, 1.82) is 0 Å². The zero-order valence-electron chi connectivity index (χ0n) is 18.5. The number of imidazole rings is 1. The molecule has 0 fully saturated rings. The van der Waals surface area contributed by atoms with Crippen molar-refractivity contribution in [2.24, 2.45) is 12.0 Å². The van der Waals surface area contributed by atoms with Gasteiger partial charge in [-0.05, 0) is 58.2 Å². The molecule has 156 valence electrons.